The lowest BCUT2D eigenvalue weighted by atomic mass is 10.1. The van der Waals surface area contributed by atoms with Crippen molar-refractivity contribution in [1.29, 1.82) is 0 Å². The van der Waals surface area contributed by atoms with Crippen LogP contribution in [0.2, 0.25) is 0 Å². The molecule has 2 aromatic carbocycles. The second-order valence-electron chi connectivity index (χ2n) is 4.33. The van der Waals surface area contributed by atoms with Crippen LogP contribution in [0.25, 0.3) is 0 Å². The minimum absolute atomic E-state index is 0.154. The third kappa shape index (κ3) is 3.60. The molecule has 0 fully saturated rings. The van der Waals surface area contributed by atoms with Gasteiger partial charge in [0.2, 0.25) is 0 Å². The molecule has 2 N–H and O–H groups in total. The molecule has 2 aromatic rings. The van der Waals surface area contributed by atoms with Crippen LogP contribution in [0.4, 0.5) is 14.5 Å². The zero-order valence-corrected chi connectivity index (χ0v) is 10.9. The van der Waals surface area contributed by atoms with Gasteiger partial charge < -0.3 is 15.2 Å². The van der Waals surface area contributed by atoms with Crippen molar-refractivity contribution in [3.05, 3.63) is 54.1 Å². The number of hydrogen-bond donors (Lipinski definition) is 2. The number of anilines is 1. The molecular formula is C15H15F2NO2. The lowest BCUT2D eigenvalue weighted by Crippen LogP contribution is -2.10. The fourth-order valence-corrected chi connectivity index (χ4v) is 1.93. The van der Waals surface area contributed by atoms with E-state index in [1.165, 1.54) is 6.07 Å². The number of halogens is 2. The summed E-state index contributed by atoms with van der Waals surface area (Å²) in [6.07, 6.45) is 0. The van der Waals surface area contributed by atoms with Crippen molar-refractivity contribution < 1.29 is 18.6 Å². The molecule has 20 heavy (non-hydrogen) atoms. The highest BCUT2D eigenvalue weighted by Crippen LogP contribution is 2.29. The summed E-state index contributed by atoms with van der Waals surface area (Å²) >= 11 is 0. The first kappa shape index (κ1) is 14.1. The smallest absolute Gasteiger partial charge is 0.387 e. The molecule has 0 saturated heterocycles. The van der Waals surface area contributed by atoms with Crippen molar-refractivity contribution >= 4 is 5.69 Å². The van der Waals surface area contributed by atoms with Gasteiger partial charge in [0.05, 0.1) is 6.04 Å². The number of benzene rings is 2. The zero-order valence-electron chi connectivity index (χ0n) is 10.9. The van der Waals surface area contributed by atoms with E-state index in [9.17, 15) is 13.9 Å². The van der Waals surface area contributed by atoms with E-state index in [1.54, 1.807) is 42.5 Å². The molecule has 1 unspecified atom stereocenters. The SMILES string of the molecule is CC(Nc1ccc(O)cc1)c1ccccc1OC(F)F. The Morgan fingerprint density at radius 1 is 1.05 bits per heavy atom. The average Bonchev–Trinajstić information content (AvgIpc) is 2.41. The molecule has 0 radical (unpaired) electrons. The van der Waals surface area contributed by atoms with Crippen LogP contribution in [-0.4, -0.2) is 11.7 Å². The van der Waals surface area contributed by atoms with E-state index in [4.69, 9.17) is 0 Å². The molecule has 1 atom stereocenters. The summed E-state index contributed by atoms with van der Waals surface area (Å²) in [5.41, 5.74) is 1.42. The van der Waals surface area contributed by atoms with Gasteiger partial charge >= 0.3 is 6.61 Å². The average molecular weight is 279 g/mol. The van der Waals surface area contributed by atoms with Gasteiger partial charge in [-0.2, -0.15) is 8.78 Å². The number of nitrogens with one attached hydrogen (secondary N) is 1. The number of aromatic hydroxyl groups is 1. The summed E-state index contributed by atoms with van der Waals surface area (Å²) in [4.78, 5) is 0. The van der Waals surface area contributed by atoms with Crippen molar-refractivity contribution in [3.63, 3.8) is 0 Å². The predicted octanol–water partition coefficient (Wildman–Crippen LogP) is 4.17. The van der Waals surface area contributed by atoms with E-state index in [0.717, 1.165) is 5.69 Å². The highest BCUT2D eigenvalue weighted by atomic mass is 19.3. The fraction of sp³-hybridized carbons (Fsp3) is 0.200. The molecule has 106 valence electrons. The number of rotatable bonds is 5. The first-order chi connectivity index (χ1) is 9.56. The summed E-state index contributed by atoms with van der Waals surface area (Å²) in [5, 5.41) is 12.4. The number of phenols is 1. The number of hydrogen-bond acceptors (Lipinski definition) is 3. The number of ether oxygens (including phenoxy) is 1. The van der Waals surface area contributed by atoms with Crippen LogP contribution < -0.4 is 10.1 Å². The van der Waals surface area contributed by atoms with E-state index >= 15 is 0 Å². The third-order valence-electron chi connectivity index (χ3n) is 2.85. The van der Waals surface area contributed by atoms with E-state index in [0.29, 0.717) is 5.56 Å². The number of phenolic OH excluding ortho intramolecular Hbond substituents is 1. The van der Waals surface area contributed by atoms with Crippen molar-refractivity contribution in [1.82, 2.24) is 0 Å². The Kier molecular flexibility index (Phi) is 4.40. The molecule has 0 amide bonds. The minimum Gasteiger partial charge on any atom is -0.508 e. The van der Waals surface area contributed by atoms with Gasteiger partial charge in [-0.1, -0.05) is 18.2 Å². The van der Waals surface area contributed by atoms with E-state index in [2.05, 4.69) is 10.1 Å². The molecule has 0 heterocycles. The Hall–Kier alpha value is -2.30. The van der Waals surface area contributed by atoms with Gasteiger partial charge in [-0.05, 0) is 37.3 Å². The molecule has 0 bridgehead atoms. The standard InChI is InChI=1S/C15H15F2NO2/c1-10(18-11-6-8-12(19)9-7-11)13-4-2-3-5-14(13)20-15(16)17/h2-10,15,18-19H,1H3. The summed E-state index contributed by atoms with van der Waals surface area (Å²) < 4.78 is 29.2. The topological polar surface area (TPSA) is 41.5 Å². The molecule has 5 heteroatoms. The molecule has 0 saturated carbocycles. The minimum atomic E-state index is -2.85. The molecule has 0 spiro atoms. The van der Waals surface area contributed by atoms with Crippen LogP contribution in [0.1, 0.15) is 18.5 Å². The quantitative estimate of drug-likeness (QED) is 0.807. The van der Waals surface area contributed by atoms with Crippen LogP contribution >= 0.6 is 0 Å². The lowest BCUT2D eigenvalue weighted by Gasteiger charge is -2.19. The highest BCUT2D eigenvalue weighted by Gasteiger charge is 2.14. The van der Waals surface area contributed by atoms with Gasteiger partial charge in [-0.25, -0.2) is 0 Å². The van der Waals surface area contributed by atoms with Gasteiger partial charge in [0.1, 0.15) is 11.5 Å². The van der Waals surface area contributed by atoms with Crippen molar-refractivity contribution in [2.75, 3.05) is 5.32 Å². The maximum atomic E-state index is 12.4. The molecular weight excluding hydrogens is 264 g/mol. The first-order valence-corrected chi connectivity index (χ1v) is 6.15. The second kappa shape index (κ2) is 6.23. The first-order valence-electron chi connectivity index (χ1n) is 6.15. The van der Waals surface area contributed by atoms with Crippen molar-refractivity contribution in [2.45, 2.75) is 19.6 Å². The van der Waals surface area contributed by atoms with Crippen LogP contribution in [0, 0.1) is 0 Å². The molecule has 3 nitrogen and oxygen atoms in total. The number of alkyl halides is 2. The third-order valence-corrected chi connectivity index (χ3v) is 2.85. The Labute approximate surface area is 115 Å². The van der Waals surface area contributed by atoms with E-state index in [-0.39, 0.29) is 17.5 Å². The molecule has 0 aromatic heterocycles. The number of para-hydroxylation sites is 1. The van der Waals surface area contributed by atoms with Crippen LogP contribution in [0.3, 0.4) is 0 Å². The normalized spacial score (nSPS) is 12.2. The van der Waals surface area contributed by atoms with Crippen molar-refractivity contribution in [3.8, 4) is 11.5 Å². The summed E-state index contributed by atoms with van der Waals surface area (Å²) in [5.74, 6) is 0.325. The largest absolute Gasteiger partial charge is 0.508 e. The van der Waals surface area contributed by atoms with Crippen LogP contribution in [-0.2, 0) is 0 Å². The molecule has 0 aliphatic carbocycles. The predicted molar refractivity (Wildman–Crippen MR) is 73.2 cm³/mol. The Balaban J connectivity index is 2.16. The Morgan fingerprint density at radius 3 is 2.35 bits per heavy atom. The maximum absolute atomic E-state index is 12.4. The molecule has 2 rings (SSSR count). The maximum Gasteiger partial charge on any atom is 0.387 e. The van der Waals surface area contributed by atoms with E-state index in [1.807, 2.05) is 6.92 Å². The summed E-state index contributed by atoms with van der Waals surface area (Å²) in [6, 6.07) is 13.0. The van der Waals surface area contributed by atoms with Gasteiger partial charge in [-0.3, -0.25) is 0 Å². The van der Waals surface area contributed by atoms with Crippen molar-refractivity contribution in [2.24, 2.45) is 0 Å². The van der Waals surface area contributed by atoms with Gasteiger partial charge in [0, 0.05) is 11.3 Å². The lowest BCUT2D eigenvalue weighted by molar-refractivity contribution is -0.0505. The Bertz CT molecular complexity index is 558. The van der Waals surface area contributed by atoms with Crippen LogP contribution in [0.5, 0.6) is 11.5 Å². The highest BCUT2D eigenvalue weighted by molar-refractivity contribution is 5.49. The monoisotopic (exact) mass is 279 g/mol. The summed E-state index contributed by atoms with van der Waals surface area (Å²) in [7, 11) is 0. The van der Waals surface area contributed by atoms with Gasteiger partial charge in [0.25, 0.3) is 0 Å². The second-order valence-corrected chi connectivity index (χ2v) is 4.33. The van der Waals surface area contributed by atoms with E-state index < -0.39 is 6.61 Å². The zero-order chi connectivity index (χ0) is 14.5. The molecule has 0 aliphatic rings. The summed E-state index contributed by atoms with van der Waals surface area (Å²) in [6.45, 7) is -1.00. The fourth-order valence-electron chi connectivity index (χ4n) is 1.93. The van der Waals surface area contributed by atoms with Crippen LogP contribution in [0.15, 0.2) is 48.5 Å². The molecule has 0 aliphatic heterocycles. The Morgan fingerprint density at radius 2 is 1.70 bits per heavy atom. The van der Waals surface area contributed by atoms with Gasteiger partial charge in [0.15, 0.2) is 0 Å². The van der Waals surface area contributed by atoms with Gasteiger partial charge in [-0.15, -0.1) is 0 Å².